The zero-order valence-corrected chi connectivity index (χ0v) is 11.2. The molecule has 1 aromatic carbocycles. The van der Waals surface area contributed by atoms with Crippen molar-refractivity contribution in [3.63, 3.8) is 0 Å². The van der Waals surface area contributed by atoms with Gasteiger partial charge in [0.1, 0.15) is 6.61 Å². The van der Waals surface area contributed by atoms with E-state index in [-0.39, 0.29) is 24.9 Å². The summed E-state index contributed by atoms with van der Waals surface area (Å²) in [5.41, 5.74) is 1.12. The van der Waals surface area contributed by atoms with Crippen molar-refractivity contribution in [1.29, 1.82) is 0 Å². The van der Waals surface area contributed by atoms with Gasteiger partial charge in [0, 0.05) is 0 Å². The highest BCUT2D eigenvalue weighted by atomic mass is 16.5. The predicted molar refractivity (Wildman–Crippen MR) is 71.9 cm³/mol. The van der Waals surface area contributed by atoms with Gasteiger partial charge in [-0.3, -0.25) is 9.59 Å². The Bertz CT molecular complexity index is 400. The minimum absolute atomic E-state index is 0.0538. The second-order valence-electron chi connectivity index (χ2n) is 4.46. The summed E-state index contributed by atoms with van der Waals surface area (Å²) in [5, 5.41) is 8.48. The van der Waals surface area contributed by atoms with Crippen LogP contribution in [0.5, 0.6) is 0 Å². The number of hydrogen-bond donors (Lipinski definition) is 1. The first-order chi connectivity index (χ1) is 9.13. The molecule has 0 aliphatic heterocycles. The normalized spacial score (nSPS) is 11.8. The first kappa shape index (κ1) is 15.2. The minimum Gasteiger partial charge on any atom is -0.481 e. The highest BCUT2D eigenvalue weighted by Gasteiger charge is 2.16. The van der Waals surface area contributed by atoms with Gasteiger partial charge in [0.2, 0.25) is 0 Å². The molecule has 0 amide bonds. The van der Waals surface area contributed by atoms with Crippen LogP contribution in [-0.4, -0.2) is 23.7 Å². The molecule has 4 nitrogen and oxygen atoms in total. The lowest BCUT2D eigenvalue weighted by Gasteiger charge is -2.15. The first-order valence-electron chi connectivity index (χ1n) is 6.55. The number of carboxylic acid groups (broad SMARTS) is 1. The van der Waals surface area contributed by atoms with E-state index in [0.29, 0.717) is 6.42 Å². The molecule has 0 spiro atoms. The number of hydrogen-bond acceptors (Lipinski definition) is 3. The second kappa shape index (κ2) is 8.29. The van der Waals surface area contributed by atoms with Gasteiger partial charge in [0.05, 0.1) is 12.8 Å². The Labute approximate surface area is 113 Å². The van der Waals surface area contributed by atoms with Crippen molar-refractivity contribution >= 4 is 11.9 Å². The highest BCUT2D eigenvalue weighted by Crippen LogP contribution is 2.25. The van der Waals surface area contributed by atoms with E-state index in [4.69, 9.17) is 9.84 Å². The Morgan fingerprint density at radius 1 is 1.26 bits per heavy atom. The van der Waals surface area contributed by atoms with E-state index in [9.17, 15) is 9.59 Å². The quantitative estimate of drug-likeness (QED) is 0.733. The number of rotatable bonds is 8. The summed E-state index contributed by atoms with van der Waals surface area (Å²) in [4.78, 5) is 22.0. The van der Waals surface area contributed by atoms with Gasteiger partial charge in [-0.25, -0.2) is 0 Å². The van der Waals surface area contributed by atoms with Crippen molar-refractivity contribution in [3.8, 4) is 0 Å². The van der Waals surface area contributed by atoms with Crippen LogP contribution < -0.4 is 0 Å². The van der Waals surface area contributed by atoms with E-state index in [1.807, 2.05) is 30.3 Å². The molecule has 19 heavy (non-hydrogen) atoms. The van der Waals surface area contributed by atoms with E-state index in [2.05, 4.69) is 6.92 Å². The van der Waals surface area contributed by atoms with Gasteiger partial charge in [0.15, 0.2) is 0 Å². The fraction of sp³-hybridized carbons (Fsp3) is 0.467. The van der Waals surface area contributed by atoms with E-state index in [0.717, 1.165) is 18.4 Å². The molecule has 4 heteroatoms. The number of esters is 1. The van der Waals surface area contributed by atoms with Gasteiger partial charge in [-0.2, -0.15) is 0 Å². The zero-order valence-electron chi connectivity index (χ0n) is 11.2. The van der Waals surface area contributed by atoms with E-state index < -0.39 is 5.97 Å². The minimum atomic E-state index is -0.957. The van der Waals surface area contributed by atoms with Crippen LogP contribution in [-0.2, 0) is 14.3 Å². The van der Waals surface area contributed by atoms with Crippen LogP contribution in [0.4, 0.5) is 0 Å². The van der Waals surface area contributed by atoms with Crippen LogP contribution in [0.2, 0.25) is 0 Å². The molecule has 1 rings (SSSR count). The van der Waals surface area contributed by atoms with Crippen molar-refractivity contribution in [1.82, 2.24) is 0 Å². The molecule has 1 atom stereocenters. The van der Waals surface area contributed by atoms with Crippen LogP contribution in [0.15, 0.2) is 30.3 Å². The van der Waals surface area contributed by atoms with Crippen LogP contribution in [0.1, 0.15) is 44.1 Å². The SMILES string of the molecule is CCCC(CC(=O)OCCC(=O)O)c1ccccc1. The molecule has 1 aromatic rings. The Morgan fingerprint density at radius 2 is 1.95 bits per heavy atom. The maximum absolute atomic E-state index is 11.7. The van der Waals surface area contributed by atoms with E-state index in [1.54, 1.807) is 0 Å². The molecule has 0 bridgehead atoms. The first-order valence-corrected chi connectivity index (χ1v) is 6.55. The van der Waals surface area contributed by atoms with Crippen molar-refractivity contribution in [3.05, 3.63) is 35.9 Å². The Morgan fingerprint density at radius 3 is 2.53 bits per heavy atom. The summed E-state index contributed by atoms with van der Waals surface area (Å²) in [6.07, 6.45) is 2.06. The smallest absolute Gasteiger partial charge is 0.306 e. The molecule has 0 aliphatic rings. The largest absolute Gasteiger partial charge is 0.481 e. The lowest BCUT2D eigenvalue weighted by Crippen LogP contribution is -2.13. The van der Waals surface area contributed by atoms with Gasteiger partial charge in [-0.1, -0.05) is 43.7 Å². The molecular formula is C15H20O4. The van der Waals surface area contributed by atoms with Crippen LogP contribution in [0, 0.1) is 0 Å². The Balaban J connectivity index is 2.49. The highest BCUT2D eigenvalue weighted by molar-refractivity contribution is 5.71. The summed E-state index contributed by atoms with van der Waals surface area (Å²) in [5.74, 6) is -1.15. The fourth-order valence-corrected chi connectivity index (χ4v) is 1.97. The average Bonchev–Trinajstić information content (AvgIpc) is 2.39. The third kappa shape index (κ3) is 6.04. The maximum Gasteiger partial charge on any atom is 0.306 e. The monoisotopic (exact) mass is 264 g/mol. The average molecular weight is 264 g/mol. The summed E-state index contributed by atoms with van der Waals surface area (Å²) >= 11 is 0. The summed E-state index contributed by atoms with van der Waals surface area (Å²) in [6.45, 7) is 2.02. The molecule has 0 fully saturated rings. The van der Waals surface area contributed by atoms with Crippen molar-refractivity contribution in [2.75, 3.05) is 6.61 Å². The molecule has 104 valence electrons. The number of aliphatic carboxylic acids is 1. The van der Waals surface area contributed by atoms with Crippen LogP contribution in [0.25, 0.3) is 0 Å². The molecule has 0 aliphatic carbocycles. The predicted octanol–water partition coefficient (Wildman–Crippen LogP) is 2.98. The number of ether oxygens (including phenoxy) is 1. The molecule has 1 unspecified atom stereocenters. The number of carboxylic acids is 1. The third-order valence-electron chi connectivity index (χ3n) is 2.90. The van der Waals surface area contributed by atoms with E-state index >= 15 is 0 Å². The zero-order chi connectivity index (χ0) is 14.1. The number of carbonyl (C=O) groups excluding carboxylic acids is 1. The third-order valence-corrected chi connectivity index (χ3v) is 2.90. The van der Waals surface area contributed by atoms with Gasteiger partial charge in [0.25, 0.3) is 0 Å². The standard InChI is InChI=1S/C15H20O4/c1-2-6-13(12-7-4-3-5-8-12)11-15(18)19-10-9-14(16)17/h3-5,7-8,13H,2,6,9-11H2,1H3,(H,16,17). The summed E-state index contributed by atoms with van der Waals surface area (Å²) in [6, 6.07) is 9.86. The van der Waals surface area contributed by atoms with Gasteiger partial charge >= 0.3 is 11.9 Å². The van der Waals surface area contributed by atoms with Crippen molar-refractivity contribution in [2.45, 2.75) is 38.5 Å². The number of benzene rings is 1. The molecule has 0 saturated heterocycles. The second-order valence-corrected chi connectivity index (χ2v) is 4.46. The summed E-state index contributed by atoms with van der Waals surface area (Å²) < 4.78 is 4.93. The maximum atomic E-state index is 11.7. The molecule has 0 saturated carbocycles. The van der Waals surface area contributed by atoms with Crippen LogP contribution in [0.3, 0.4) is 0 Å². The molecular weight excluding hydrogens is 244 g/mol. The molecule has 1 N–H and O–H groups in total. The lowest BCUT2D eigenvalue weighted by molar-refractivity contribution is -0.146. The molecule has 0 heterocycles. The van der Waals surface area contributed by atoms with Crippen LogP contribution >= 0.6 is 0 Å². The van der Waals surface area contributed by atoms with Gasteiger partial charge in [-0.15, -0.1) is 0 Å². The molecule has 0 radical (unpaired) electrons. The Kier molecular flexibility index (Phi) is 6.64. The van der Waals surface area contributed by atoms with Crippen molar-refractivity contribution in [2.24, 2.45) is 0 Å². The summed E-state index contributed by atoms with van der Waals surface area (Å²) in [7, 11) is 0. The number of carbonyl (C=O) groups is 2. The molecule has 0 aromatic heterocycles. The topological polar surface area (TPSA) is 63.6 Å². The van der Waals surface area contributed by atoms with Crippen molar-refractivity contribution < 1.29 is 19.4 Å². The van der Waals surface area contributed by atoms with Gasteiger partial charge in [-0.05, 0) is 17.9 Å². The fourth-order valence-electron chi connectivity index (χ4n) is 1.97. The lowest BCUT2D eigenvalue weighted by atomic mass is 9.91. The van der Waals surface area contributed by atoms with Gasteiger partial charge < -0.3 is 9.84 Å². The Hall–Kier alpha value is -1.84. The van der Waals surface area contributed by atoms with E-state index in [1.165, 1.54) is 0 Å².